The van der Waals surface area contributed by atoms with E-state index in [0.717, 1.165) is 35.7 Å². The summed E-state index contributed by atoms with van der Waals surface area (Å²) in [4.78, 5) is 12.5. The molecule has 0 radical (unpaired) electrons. The van der Waals surface area contributed by atoms with Crippen molar-refractivity contribution < 1.29 is 0 Å². The van der Waals surface area contributed by atoms with Gasteiger partial charge in [-0.05, 0) is 42.8 Å². The Bertz CT molecular complexity index is 580. The van der Waals surface area contributed by atoms with Gasteiger partial charge in [0.25, 0.3) is 0 Å². The molecule has 102 valence electrons. The smallest absolute Gasteiger partial charge is 0.146 e. The summed E-state index contributed by atoms with van der Waals surface area (Å²) >= 11 is 1.63. The van der Waals surface area contributed by atoms with Crippen molar-refractivity contribution in [1.82, 2.24) is 14.9 Å². The minimum absolute atomic E-state index is 0.480. The number of rotatable bonds is 2. The molecule has 2 aromatic heterocycles. The van der Waals surface area contributed by atoms with Gasteiger partial charge >= 0.3 is 0 Å². The molecule has 1 aliphatic heterocycles. The van der Waals surface area contributed by atoms with E-state index in [2.05, 4.69) is 28.7 Å². The number of nitrogens with two attached hydrogens (primary N) is 1. The highest BCUT2D eigenvalue weighted by Crippen LogP contribution is 2.30. The maximum Gasteiger partial charge on any atom is 0.146 e. The Labute approximate surface area is 117 Å². The van der Waals surface area contributed by atoms with Crippen molar-refractivity contribution in [1.29, 1.82) is 0 Å². The highest BCUT2D eigenvalue weighted by atomic mass is 32.1. The second-order valence-electron chi connectivity index (χ2n) is 6.10. The van der Waals surface area contributed by atoms with Gasteiger partial charge in [-0.3, -0.25) is 4.90 Å². The fraction of sp³-hybridized carbons (Fsp3) is 0.571. The summed E-state index contributed by atoms with van der Waals surface area (Å²) in [6.07, 6.45) is 2.48. The van der Waals surface area contributed by atoms with Crippen LogP contribution in [0.2, 0.25) is 0 Å². The lowest BCUT2D eigenvalue weighted by Gasteiger charge is -2.36. The van der Waals surface area contributed by atoms with Gasteiger partial charge < -0.3 is 5.73 Å². The van der Waals surface area contributed by atoms with Crippen molar-refractivity contribution in [2.75, 3.05) is 18.8 Å². The van der Waals surface area contributed by atoms with E-state index in [9.17, 15) is 0 Å². The van der Waals surface area contributed by atoms with Crippen LogP contribution in [0.15, 0.2) is 11.4 Å². The van der Waals surface area contributed by atoms with E-state index in [4.69, 9.17) is 5.73 Å². The van der Waals surface area contributed by atoms with Crippen LogP contribution in [0.25, 0.3) is 10.2 Å². The Morgan fingerprint density at radius 1 is 1.32 bits per heavy atom. The molecule has 4 nitrogen and oxygen atoms in total. The summed E-state index contributed by atoms with van der Waals surface area (Å²) in [5.41, 5.74) is 6.47. The van der Waals surface area contributed by atoms with E-state index in [1.165, 1.54) is 12.8 Å². The number of piperidine rings is 1. The lowest BCUT2D eigenvalue weighted by atomic mass is 9.83. The van der Waals surface area contributed by atoms with Gasteiger partial charge in [0.1, 0.15) is 16.5 Å². The molecule has 0 bridgehead atoms. The minimum atomic E-state index is 0.480. The number of nitrogen functional groups attached to an aromatic ring is 1. The van der Waals surface area contributed by atoms with Crippen molar-refractivity contribution in [3.63, 3.8) is 0 Å². The molecule has 3 rings (SSSR count). The average molecular weight is 276 g/mol. The number of likely N-dealkylation sites (tertiary alicyclic amines) is 1. The SMILES string of the molecule is CC1(C)CCN(Cc2nc(N)c3ccsc3n2)CC1. The number of fused-ring (bicyclic) bond motifs is 1. The summed E-state index contributed by atoms with van der Waals surface area (Å²) in [7, 11) is 0. The van der Waals surface area contributed by atoms with Gasteiger partial charge in [0.15, 0.2) is 0 Å². The Morgan fingerprint density at radius 2 is 2.05 bits per heavy atom. The third-order valence-electron chi connectivity index (χ3n) is 3.98. The molecule has 0 aromatic carbocycles. The Kier molecular flexibility index (Phi) is 3.19. The molecule has 0 unspecified atom stereocenters. The normalized spacial score (nSPS) is 19.9. The summed E-state index contributed by atoms with van der Waals surface area (Å²) in [6.45, 7) is 7.75. The predicted molar refractivity (Wildman–Crippen MR) is 80.1 cm³/mol. The molecule has 0 amide bonds. The third kappa shape index (κ3) is 2.72. The quantitative estimate of drug-likeness (QED) is 0.916. The lowest BCUT2D eigenvalue weighted by molar-refractivity contribution is 0.125. The standard InChI is InChI=1S/C14H20N4S/c1-14(2)4-6-18(7-5-14)9-11-16-12(15)10-3-8-19-13(10)17-11/h3,8H,4-7,9H2,1-2H3,(H2,15,16,17). The van der Waals surface area contributed by atoms with Crippen LogP contribution in [0, 0.1) is 5.41 Å². The molecule has 3 heterocycles. The van der Waals surface area contributed by atoms with Gasteiger partial charge in [-0.2, -0.15) is 0 Å². The van der Waals surface area contributed by atoms with Crippen LogP contribution in [-0.4, -0.2) is 28.0 Å². The minimum Gasteiger partial charge on any atom is -0.383 e. The molecule has 0 atom stereocenters. The van der Waals surface area contributed by atoms with Gasteiger partial charge in [0, 0.05) is 0 Å². The Balaban J connectivity index is 1.75. The molecule has 19 heavy (non-hydrogen) atoms. The van der Waals surface area contributed by atoms with E-state index < -0.39 is 0 Å². The molecule has 0 aliphatic carbocycles. The average Bonchev–Trinajstić information content (AvgIpc) is 2.81. The fourth-order valence-corrected chi connectivity index (χ4v) is 3.30. The second kappa shape index (κ2) is 4.72. The number of hydrogen-bond acceptors (Lipinski definition) is 5. The number of nitrogens with zero attached hydrogens (tertiary/aromatic N) is 3. The van der Waals surface area contributed by atoms with Crippen LogP contribution in [0.4, 0.5) is 5.82 Å². The first-order chi connectivity index (χ1) is 9.03. The van der Waals surface area contributed by atoms with Gasteiger partial charge in [0.05, 0.1) is 11.9 Å². The van der Waals surface area contributed by atoms with Crippen LogP contribution >= 0.6 is 11.3 Å². The van der Waals surface area contributed by atoms with Crippen LogP contribution in [0.5, 0.6) is 0 Å². The Hall–Kier alpha value is -1.20. The first-order valence-electron chi connectivity index (χ1n) is 6.75. The van der Waals surface area contributed by atoms with Crippen LogP contribution in [0.3, 0.4) is 0 Å². The van der Waals surface area contributed by atoms with Crippen LogP contribution in [-0.2, 0) is 6.54 Å². The highest BCUT2D eigenvalue weighted by Gasteiger charge is 2.25. The van der Waals surface area contributed by atoms with Crippen LogP contribution < -0.4 is 5.73 Å². The second-order valence-corrected chi connectivity index (χ2v) is 7.00. The lowest BCUT2D eigenvalue weighted by Crippen LogP contribution is -2.37. The molecule has 1 saturated heterocycles. The van der Waals surface area contributed by atoms with Crippen molar-refractivity contribution in [3.8, 4) is 0 Å². The van der Waals surface area contributed by atoms with Crippen molar-refractivity contribution in [2.24, 2.45) is 5.41 Å². The zero-order chi connectivity index (χ0) is 13.5. The molecule has 2 N–H and O–H groups in total. The highest BCUT2D eigenvalue weighted by molar-refractivity contribution is 7.16. The molecular weight excluding hydrogens is 256 g/mol. The summed E-state index contributed by atoms with van der Waals surface area (Å²) < 4.78 is 0. The molecule has 5 heteroatoms. The van der Waals surface area contributed by atoms with E-state index in [1.807, 2.05) is 11.4 Å². The molecular formula is C14H20N4S. The largest absolute Gasteiger partial charge is 0.383 e. The van der Waals surface area contributed by atoms with Crippen LogP contribution in [0.1, 0.15) is 32.5 Å². The maximum absolute atomic E-state index is 5.99. The number of aromatic nitrogens is 2. The van der Waals surface area contributed by atoms with E-state index in [-0.39, 0.29) is 0 Å². The predicted octanol–water partition coefficient (Wildman–Crippen LogP) is 2.90. The molecule has 0 saturated carbocycles. The summed E-state index contributed by atoms with van der Waals surface area (Å²) in [5.74, 6) is 1.46. The topological polar surface area (TPSA) is 55.0 Å². The van der Waals surface area contributed by atoms with E-state index >= 15 is 0 Å². The van der Waals surface area contributed by atoms with Crippen molar-refractivity contribution >= 4 is 27.4 Å². The van der Waals surface area contributed by atoms with Gasteiger partial charge in [-0.25, -0.2) is 9.97 Å². The van der Waals surface area contributed by atoms with E-state index in [1.54, 1.807) is 11.3 Å². The van der Waals surface area contributed by atoms with Crippen molar-refractivity contribution in [2.45, 2.75) is 33.2 Å². The summed E-state index contributed by atoms with van der Waals surface area (Å²) in [6, 6.07) is 1.99. The molecule has 1 aliphatic rings. The number of hydrogen-bond donors (Lipinski definition) is 1. The van der Waals surface area contributed by atoms with Gasteiger partial charge in [-0.1, -0.05) is 13.8 Å². The first kappa shape index (κ1) is 12.8. The van der Waals surface area contributed by atoms with Gasteiger partial charge in [0.2, 0.25) is 0 Å². The Morgan fingerprint density at radius 3 is 2.79 bits per heavy atom. The maximum atomic E-state index is 5.99. The molecule has 0 spiro atoms. The molecule has 1 fully saturated rings. The number of anilines is 1. The van der Waals surface area contributed by atoms with Gasteiger partial charge in [-0.15, -0.1) is 11.3 Å². The van der Waals surface area contributed by atoms with Crippen molar-refractivity contribution in [3.05, 3.63) is 17.3 Å². The third-order valence-corrected chi connectivity index (χ3v) is 4.78. The fourth-order valence-electron chi connectivity index (χ4n) is 2.51. The van der Waals surface area contributed by atoms with E-state index in [0.29, 0.717) is 11.2 Å². The monoisotopic (exact) mass is 276 g/mol. The zero-order valence-electron chi connectivity index (χ0n) is 11.5. The number of thiophene rings is 1. The molecule has 2 aromatic rings. The first-order valence-corrected chi connectivity index (χ1v) is 7.63. The summed E-state index contributed by atoms with van der Waals surface area (Å²) in [5, 5.41) is 3.00. The zero-order valence-corrected chi connectivity index (χ0v) is 12.3.